The summed E-state index contributed by atoms with van der Waals surface area (Å²) in [6.45, 7) is 0.136. The van der Waals surface area contributed by atoms with Crippen LogP contribution in [0.3, 0.4) is 0 Å². The Morgan fingerprint density at radius 1 is 1.08 bits per heavy atom. The number of nitrogens with one attached hydrogen (secondary N) is 1. The number of hydrogen-bond donors (Lipinski definition) is 1. The molecule has 6 nitrogen and oxygen atoms in total. The second-order valence-electron chi connectivity index (χ2n) is 4.80. The molecule has 3 rings (SSSR count). The summed E-state index contributed by atoms with van der Waals surface area (Å²) < 4.78 is 45.1. The molecule has 1 N–H and O–H groups in total. The fourth-order valence-corrected chi connectivity index (χ4v) is 3.83. The van der Waals surface area contributed by atoms with Gasteiger partial charge in [0.2, 0.25) is 5.13 Å². The number of halogens is 2. The summed E-state index contributed by atoms with van der Waals surface area (Å²) in [5, 5.41) is 8.83. The maximum atomic E-state index is 12.9. The van der Waals surface area contributed by atoms with Gasteiger partial charge in [-0.05, 0) is 48.5 Å². The fourth-order valence-electron chi connectivity index (χ4n) is 1.82. The number of rotatable bonds is 6. The third-order valence-corrected chi connectivity index (χ3v) is 5.54. The predicted octanol–water partition coefficient (Wildman–Crippen LogP) is 3.71. The molecule has 0 radical (unpaired) electrons. The highest BCUT2D eigenvalue weighted by molar-refractivity contribution is 7.93. The standard InChI is InChI=1S/C15H11ClFN3O3S2/c16-10-1-5-12(6-2-10)23-9-14-18-19-15(24-14)20-25(21,22)13-7-3-11(17)4-8-13/h1-8H,9H2,(H,19,20). The maximum absolute atomic E-state index is 12.9. The first-order valence-corrected chi connectivity index (χ1v) is 9.59. The van der Waals surface area contributed by atoms with E-state index < -0.39 is 15.8 Å². The second-order valence-corrected chi connectivity index (χ2v) is 7.98. The zero-order valence-electron chi connectivity index (χ0n) is 12.5. The van der Waals surface area contributed by atoms with Crippen LogP contribution in [-0.4, -0.2) is 18.6 Å². The number of nitrogens with zero attached hydrogens (tertiary/aromatic N) is 2. The van der Waals surface area contributed by atoms with Crippen molar-refractivity contribution in [2.75, 3.05) is 4.72 Å². The van der Waals surface area contributed by atoms with Crippen LogP contribution in [-0.2, 0) is 16.6 Å². The van der Waals surface area contributed by atoms with Crippen LogP contribution >= 0.6 is 22.9 Å². The Hall–Kier alpha value is -2.23. The molecule has 0 aliphatic rings. The van der Waals surface area contributed by atoms with E-state index in [1.165, 1.54) is 12.1 Å². The molecule has 0 spiro atoms. The summed E-state index contributed by atoms with van der Waals surface area (Å²) >= 11 is 6.83. The van der Waals surface area contributed by atoms with Gasteiger partial charge < -0.3 is 4.74 Å². The van der Waals surface area contributed by atoms with Gasteiger partial charge in [-0.2, -0.15) is 0 Å². The predicted molar refractivity (Wildman–Crippen MR) is 92.9 cm³/mol. The van der Waals surface area contributed by atoms with Crippen LogP contribution < -0.4 is 9.46 Å². The summed E-state index contributed by atoms with van der Waals surface area (Å²) in [4.78, 5) is -0.0666. The first-order valence-electron chi connectivity index (χ1n) is 6.91. The minimum Gasteiger partial charge on any atom is -0.486 e. The first kappa shape index (κ1) is 17.6. The lowest BCUT2D eigenvalue weighted by atomic mass is 10.3. The summed E-state index contributed by atoms with van der Waals surface area (Å²) in [5.41, 5.74) is 0. The number of hydrogen-bond acceptors (Lipinski definition) is 6. The molecule has 0 fully saturated rings. The molecule has 0 atom stereocenters. The van der Waals surface area contributed by atoms with E-state index >= 15 is 0 Å². The molecule has 0 bridgehead atoms. The molecule has 25 heavy (non-hydrogen) atoms. The van der Waals surface area contributed by atoms with E-state index in [4.69, 9.17) is 16.3 Å². The molecule has 2 aromatic carbocycles. The zero-order chi connectivity index (χ0) is 17.9. The van der Waals surface area contributed by atoms with Crippen LogP contribution in [0, 0.1) is 5.82 Å². The van der Waals surface area contributed by atoms with Crippen LogP contribution in [0.4, 0.5) is 9.52 Å². The molecule has 10 heteroatoms. The lowest BCUT2D eigenvalue weighted by molar-refractivity contribution is 0.304. The molecule has 0 unspecified atom stereocenters. The molecule has 1 aromatic heterocycles. The van der Waals surface area contributed by atoms with Crippen LogP contribution in [0.5, 0.6) is 5.75 Å². The topological polar surface area (TPSA) is 81.2 Å². The average molecular weight is 400 g/mol. The number of ether oxygens (including phenoxy) is 1. The van der Waals surface area contributed by atoms with Gasteiger partial charge in [0.15, 0.2) is 5.01 Å². The van der Waals surface area contributed by atoms with Crippen molar-refractivity contribution in [3.05, 3.63) is 64.4 Å². The fraction of sp³-hybridized carbons (Fsp3) is 0.0667. The number of aromatic nitrogens is 2. The van der Waals surface area contributed by atoms with Crippen molar-refractivity contribution < 1.29 is 17.5 Å². The second kappa shape index (κ2) is 7.34. The van der Waals surface area contributed by atoms with Crippen molar-refractivity contribution in [2.24, 2.45) is 0 Å². The van der Waals surface area contributed by atoms with Crippen LogP contribution in [0.2, 0.25) is 5.02 Å². The van der Waals surface area contributed by atoms with Gasteiger partial charge in [0.1, 0.15) is 18.2 Å². The van der Waals surface area contributed by atoms with E-state index in [0.29, 0.717) is 15.8 Å². The highest BCUT2D eigenvalue weighted by atomic mass is 35.5. The van der Waals surface area contributed by atoms with E-state index in [1.54, 1.807) is 24.3 Å². The van der Waals surface area contributed by atoms with Crippen LogP contribution in [0.1, 0.15) is 5.01 Å². The van der Waals surface area contributed by atoms with Gasteiger partial charge in [-0.3, -0.25) is 4.72 Å². The van der Waals surface area contributed by atoms with Gasteiger partial charge in [0, 0.05) is 5.02 Å². The van der Waals surface area contributed by atoms with Gasteiger partial charge in [-0.25, -0.2) is 12.8 Å². The minimum absolute atomic E-state index is 0.0666. The van der Waals surface area contributed by atoms with Gasteiger partial charge in [-0.1, -0.05) is 22.9 Å². The largest absolute Gasteiger partial charge is 0.486 e. The van der Waals surface area contributed by atoms with Crippen LogP contribution in [0.25, 0.3) is 0 Å². The molecule has 0 aliphatic heterocycles. The van der Waals surface area contributed by atoms with E-state index in [0.717, 1.165) is 23.5 Å². The van der Waals surface area contributed by atoms with Crippen molar-refractivity contribution in [1.82, 2.24) is 10.2 Å². The Morgan fingerprint density at radius 3 is 2.44 bits per heavy atom. The molecule has 1 heterocycles. The average Bonchev–Trinajstić information content (AvgIpc) is 3.01. The molecule has 0 saturated heterocycles. The monoisotopic (exact) mass is 399 g/mol. The summed E-state index contributed by atoms with van der Waals surface area (Å²) in [5.74, 6) is 0.0875. The molecule has 0 aliphatic carbocycles. The van der Waals surface area contributed by atoms with E-state index in [9.17, 15) is 12.8 Å². The van der Waals surface area contributed by atoms with Crippen LogP contribution in [0.15, 0.2) is 53.4 Å². The number of anilines is 1. The molecular weight excluding hydrogens is 389 g/mol. The van der Waals surface area contributed by atoms with Gasteiger partial charge in [-0.15, -0.1) is 10.2 Å². The SMILES string of the molecule is O=S(=O)(Nc1nnc(COc2ccc(Cl)cc2)s1)c1ccc(F)cc1. The van der Waals surface area contributed by atoms with Crippen molar-refractivity contribution in [3.63, 3.8) is 0 Å². The third-order valence-electron chi connectivity index (χ3n) is 2.99. The van der Waals surface area contributed by atoms with E-state index in [2.05, 4.69) is 14.9 Å². The molecule has 0 saturated carbocycles. The Bertz CT molecular complexity index is 960. The number of benzene rings is 2. The van der Waals surface area contributed by atoms with Gasteiger partial charge in [0.05, 0.1) is 4.90 Å². The van der Waals surface area contributed by atoms with Crippen molar-refractivity contribution in [2.45, 2.75) is 11.5 Å². The lowest BCUT2D eigenvalue weighted by Gasteiger charge is -2.04. The van der Waals surface area contributed by atoms with Crippen molar-refractivity contribution >= 4 is 38.1 Å². The quantitative estimate of drug-likeness (QED) is 0.683. The summed E-state index contributed by atoms with van der Waals surface area (Å²) in [6, 6.07) is 11.3. The molecule has 3 aromatic rings. The Kier molecular flexibility index (Phi) is 5.16. The Morgan fingerprint density at radius 2 is 1.76 bits per heavy atom. The molecule has 0 amide bonds. The van der Waals surface area contributed by atoms with Crippen molar-refractivity contribution in [3.8, 4) is 5.75 Å². The minimum atomic E-state index is -3.85. The number of sulfonamides is 1. The van der Waals surface area contributed by atoms with E-state index in [1.807, 2.05) is 0 Å². The third kappa shape index (κ3) is 4.65. The smallest absolute Gasteiger partial charge is 0.263 e. The van der Waals surface area contributed by atoms with Gasteiger partial charge >= 0.3 is 0 Å². The first-order chi connectivity index (χ1) is 11.9. The Balaban J connectivity index is 1.64. The summed E-state index contributed by atoms with van der Waals surface area (Å²) in [6.07, 6.45) is 0. The molecule has 130 valence electrons. The van der Waals surface area contributed by atoms with Crippen molar-refractivity contribution in [1.29, 1.82) is 0 Å². The Labute approximate surface area is 152 Å². The lowest BCUT2D eigenvalue weighted by Crippen LogP contribution is -2.12. The normalized spacial score (nSPS) is 11.3. The molecular formula is C15H11ClFN3O3S2. The highest BCUT2D eigenvalue weighted by Crippen LogP contribution is 2.22. The summed E-state index contributed by atoms with van der Waals surface area (Å²) in [7, 11) is -3.85. The van der Waals surface area contributed by atoms with Gasteiger partial charge in [0.25, 0.3) is 10.0 Å². The zero-order valence-corrected chi connectivity index (χ0v) is 14.9. The van der Waals surface area contributed by atoms with E-state index in [-0.39, 0.29) is 16.6 Å². The highest BCUT2D eigenvalue weighted by Gasteiger charge is 2.17. The maximum Gasteiger partial charge on any atom is 0.263 e.